The van der Waals surface area contributed by atoms with Crippen LogP contribution in [0.3, 0.4) is 0 Å². The van der Waals surface area contributed by atoms with E-state index in [2.05, 4.69) is 21.3 Å². The smallest absolute Gasteiger partial charge is 0.0882 e. The van der Waals surface area contributed by atoms with Gasteiger partial charge in [0.2, 0.25) is 0 Å². The number of benzene rings is 2. The summed E-state index contributed by atoms with van der Waals surface area (Å²) in [6, 6.07) is -8.03. The third-order valence-corrected chi connectivity index (χ3v) is 16.0. The number of rotatable bonds is 8. The van der Waals surface area contributed by atoms with E-state index in [0.717, 1.165) is 0 Å². The average molecular weight is 922 g/mol. The third-order valence-electron chi connectivity index (χ3n) is 16.0. The SMILES string of the molecule is [2H]C1=C([2H])C([2H])C(C)C([2H])=C1C1C([2H])C([2H])C(C2NC(c3cc([2H])c(C)c([2H])c3[2H])N[C@@H](c3c([2H])c([2H])c([2H])c(C4CC5CC6C(C([2H])C([2H])C([2H])C6N6C7C([2H])C([2H])C([2H])C([2H])C7C7C([2H])C([2H])C([2H])C([2H])C76)C5C([2H])=C4[2H])c3NC3C([2H])C([2H])C([2H])C([2H])C3C)N2)C([2H])C1[2H]. The second kappa shape index (κ2) is 19.2. The van der Waals surface area contributed by atoms with Gasteiger partial charge >= 0.3 is 0 Å². The first kappa shape index (κ1) is 22.2. The van der Waals surface area contributed by atoms with Crippen molar-refractivity contribution in [2.45, 2.75) is 210 Å². The Morgan fingerprint density at radius 1 is 0.652 bits per heavy atom. The molecule has 2 saturated heterocycles. The molecule has 35 unspecified atom stereocenters. The van der Waals surface area contributed by atoms with E-state index < -0.39 is 272 Å². The maximum atomic E-state index is 10.2. The zero-order valence-corrected chi connectivity index (χ0v) is 37.9. The summed E-state index contributed by atoms with van der Waals surface area (Å²) < 4.78 is 291. The molecule has 0 aromatic heterocycles. The molecule has 5 heteroatoms. The van der Waals surface area contributed by atoms with Gasteiger partial charge in [-0.2, -0.15) is 0 Å². The predicted octanol–water partition coefficient (Wildman–Crippen LogP) is 14.0. The summed E-state index contributed by atoms with van der Waals surface area (Å²) in [5, 5.41) is 13.3. The number of anilines is 1. The maximum absolute atomic E-state index is 10.2. The molecule has 6 saturated carbocycles. The first-order valence-electron chi connectivity index (χ1n) is 41.4. The number of fused-ring (bicyclic) bond motifs is 6. The Kier molecular flexibility index (Phi) is 6.46. The van der Waals surface area contributed by atoms with E-state index in [0.29, 0.717) is 0 Å². The average Bonchev–Trinajstić information content (AvgIpc) is 1.58. The Bertz CT molecular complexity index is 3410. The van der Waals surface area contributed by atoms with Gasteiger partial charge in [0, 0.05) is 68.8 Å². The number of likely N-dealkylation sites (tertiary alicyclic amines) is 1. The Morgan fingerprint density at radius 3 is 2.20 bits per heavy atom. The van der Waals surface area contributed by atoms with Gasteiger partial charge < -0.3 is 5.32 Å². The van der Waals surface area contributed by atoms with E-state index in [1.807, 2.05) is 0 Å². The van der Waals surface area contributed by atoms with Gasteiger partial charge in [0.15, 0.2) is 0 Å². The zero-order chi connectivity index (χ0) is 71.3. The zero-order valence-electron chi connectivity index (χ0n) is 68.9. The van der Waals surface area contributed by atoms with Crippen molar-refractivity contribution in [1.29, 1.82) is 0 Å². The number of nitrogens with zero attached hydrogens (tertiary/aromatic N) is 1. The number of hydrogen-bond donors (Lipinski definition) is 4. The van der Waals surface area contributed by atoms with Crippen LogP contribution in [0.4, 0.5) is 5.69 Å². The van der Waals surface area contributed by atoms with E-state index >= 15 is 0 Å². The monoisotopic (exact) mass is 921 g/mol. The molecule has 2 aliphatic heterocycles. The molecule has 0 amide bonds. The van der Waals surface area contributed by atoms with Gasteiger partial charge in [-0.25, -0.2) is 0 Å². The van der Waals surface area contributed by atoms with E-state index in [1.165, 1.54) is 19.9 Å². The summed E-state index contributed by atoms with van der Waals surface area (Å²) >= 11 is 0. The molecule has 2 heterocycles. The van der Waals surface area contributed by atoms with Gasteiger partial charge in [0.1, 0.15) is 0 Å². The second-order valence-electron chi connectivity index (χ2n) is 20.0. The van der Waals surface area contributed by atoms with Crippen LogP contribution in [0.25, 0.3) is 0 Å². The van der Waals surface area contributed by atoms with E-state index in [9.17, 15) is 24.7 Å². The molecule has 0 radical (unpaired) electrons. The Labute approximate surface area is 444 Å². The van der Waals surface area contributed by atoms with Crippen LogP contribution in [0.1, 0.15) is 238 Å². The number of para-hydroxylation sites is 1. The summed E-state index contributed by atoms with van der Waals surface area (Å²) in [6.07, 6.45) is -33.3. The molecule has 66 heavy (non-hydrogen) atoms. The third kappa shape index (κ3) is 8.57. The van der Waals surface area contributed by atoms with Crippen LogP contribution < -0.4 is 21.3 Å². The first-order valence-corrected chi connectivity index (χ1v) is 24.4. The summed E-state index contributed by atoms with van der Waals surface area (Å²) in [5.74, 6) is -11.4. The largest absolute Gasteiger partial charge is 0.381 e. The highest BCUT2D eigenvalue weighted by molar-refractivity contribution is 5.62. The van der Waals surface area contributed by atoms with Gasteiger partial charge in [-0.05, 0) is 179 Å². The van der Waals surface area contributed by atoms with Crippen molar-refractivity contribution < 1.29 is 42.5 Å². The molecular formula is C61H87N5. The van der Waals surface area contributed by atoms with Gasteiger partial charge in [-0.15, -0.1) is 0 Å². The summed E-state index contributed by atoms with van der Waals surface area (Å²) in [4.78, 5) is 1.72. The molecular weight excluding hydrogens is 803 g/mol. The first-order chi connectivity index (χ1) is 45.3. The Hall–Kier alpha value is -2.70. The van der Waals surface area contributed by atoms with Crippen molar-refractivity contribution in [2.24, 2.45) is 59.2 Å². The van der Waals surface area contributed by atoms with E-state index in [4.69, 9.17) is 17.8 Å². The minimum atomic E-state index is -1.65. The van der Waals surface area contributed by atoms with Gasteiger partial charge in [0.25, 0.3) is 0 Å². The van der Waals surface area contributed by atoms with Crippen molar-refractivity contribution >= 4 is 5.69 Å². The predicted molar refractivity (Wildman–Crippen MR) is 274 cm³/mol. The van der Waals surface area contributed by atoms with Crippen molar-refractivity contribution in [3.63, 3.8) is 0 Å². The lowest BCUT2D eigenvalue weighted by Crippen LogP contribution is -2.62. The number of allylic oxidation sites excluding steroid dienone is 6. The fourth-order valence-electron chi connectivity index (χ4n) is 12.7. The molecule has 2 aromatic carbocycles. The van der Waals surface area contributed by atoms with Crippen molar-refractivity contribution in [3.8, 4) is 0 Å². The molecule has 10 aliphatic rings. The molecule has 8 aliphatic carbocycles. The van der Waals surface area contributed by atoms with E-state index in [1.54, 1.807) is 11.8 Å². The minimum Gasteiger partial charge on any atom is -0.381 e. The van der Waals surface area contributed by atoms with Gasteiger partial charge in [-0.1, -0.05) is 137 Å². The summed E-state index contributed by atoms with van der Waals surface area (Å²) in [5.41, 5.74) is -0.573. The molecule has 2 aromatic rings. The molecule has 5 nitrogen and oxygen atoms in total. The number of hydrogen-bond acceptors (Lipinski definition) is 5. The second-order valence-corrected chi connectivity index (χ2v) is 20.0. The van der Waals surface area contributed by atoms with Crippen LogP contribution in [0.5, 0.6) is 0 Å². The quantitative estimate of drug-likeness (QED) is 0.199. The lowest BCUT2D eigenvalue weighted by molar-refractivity contribution is 0.0153. The Balaban J connectivity index is 1.000. The van der Waals surface area contributed by atoms with Gasteiger partial charge in [0.05, 0.1) is 33.6 Å². The normalized spacial score (nSPS) is 73.3. The summed E-state index contributed by atoms with van der Waals surface area (Å²) in [6.45, 7) is 4.61. The highest BCUT2D eigenvalue weighted by atomic mass is 15.4. The highest BCUT2D eigenvalue weighted by Gasteiger charge is 2.57. The van der Waals surface area contributed by atoms with Crippen LogP contribution in [0.15, 0.2) is 78.2 Å². The fourth-order valence-corrected chi connectivity index (χ4v) is 12.7. The molecule has 36 atom stereocenters. The van der Waals surface area contributed by atoms with Crippen LogP contribution in [-0.2, 0) is 0 Å². The molecule has 0 bridgehead atoms. The molecule has 4 N–H and O–H groups in total. The van der Waals surface area contributed by atoms with Crippen molar-refractivity contribution in [1.82, 2.24) is 20.9 Å². The standard InChI is InChI=1S/C61H87N5/c1-38-25-27-42(28-26-38)59-63-60(43-31-29-41(30-32-43)44-15-10-13-39(2)35-44)65-61(64-59)52-20-11-18-48(58(52)62-54-21-7-4-14-40(54)3)45-33-34-47-46(36-45)37-53-49(47)19-12-24-57(53)66-55-22-8-5-16-50(55)51-17-6-9-23-56(51)66/h10-11,15,18,20,25-28,33-35,39-41,43,45-47,49-51,53-57,59-65H,4-9,12-14,16-17,19,21-24,29-32,36-37H2,1-3H3/t39?,40?,41?,43?,45?,46?,47?,49?,50?,51?,53?,54?,55?,56?,57?,59?,60?,61-/m1/s1/i4D,5D,6D,7D,8D,9D,10D,11D,12D,13D,14D,15D,16D,17D,18D,19D,20D,21D,22D,23D,24D,25D,26D,27D,29D,30D,31D,32D,33D,34D,35D/t4?,5?,6?,7?,8?,9?,12?,13?,14?,16?,17?,19?,21?,22?,23?,24?,29?,30?,31?,32?,39?,40?,41?,43?,45?,46?,47?,49?,50?,51?,53?,54?,55?,56?,57?,59?,60?,61-. The van der Waals surface area contributed by atoms with Crippen LogP contribution in [0, 0.1) is 66.1 Å². The molecule has 12 rings (SSSR count). The molecule has 356 valence electrons. The Morgan fingerprint density at radius 2 is 1.36 bits per heavy atom. The van der Waals surface area contributed by atoms with Crippen LogP contribution >= 0.6 is 0 Å². The number of nitrogens with one attached hydrogen (secondary N) is 4. The lowest BCUT2D eigenvalue weighted by atomic mass is 9.71. The fraction of sp³-hybridized carbons (Fsp3) is 0.705. The maximum Gasteiger partial charge on any atom is 0.0882 e. The molecule has 0 spiro atoms. The molecule has 8 fully saturated rings. The van der Waals surface area contributed by atoms with Crippen LogP contribution in [0.2, 0.25) is 0 Å². The summed E-state index contributed by atoms with van der Waals surface area (Å²) in [7, 11) is 0. The lowest BCUT2D eigenvalue weighted by Gasteiger charge is -2.47. The van der Waals surface area contributed by atoms with Crippen molar-refractivity contribution in [3.05, 3.63) is 100 Å². The van der Waals surface area contributed by atoms with Gasteiger partial charge in [-0.3, -0.25) is 20.9 Å². The van der Waals surface area contributed by atoms with Crippen LogP contribution in [-0.4, -0.2) is 35.2 Å². The van der Waals surface area contributed by atoms with E-state index in [-0.39, 0.29) is 76.6 Å². The minimum absolute atomic E-state index is 0.0160. The topological polar surface area (TPSA) is 51.4 Å². The van der Waals surface area contributed by atoms with Crippen molar-refractivity contribution in [2.75, 3.05) is 5.32 Å². The highest BCUT2D eigenvalue weighted by Crippen LogP contribution is 2.59.